The molecule has 0 aliphatic carbocycles. The van der Waals surface area contributed by atoms with Crippen LogP contribution in [-0.2, 0) is 4.79 Å². The second-order valence-corrected chi connectivity index (χ2v) is 4.36. The lowest BCUT2D eigenvalue weighted by Crippen LogP contribution is -2.20. The highest BCUT2D eigenvalue weighted by Gasteiger charge is 2.06. The van der Waals surface area contributed by atoms with Gasteiger partial charge in [0.1, 0.15) is 10.9 Å². The van der Waals surface area contributed by atoms with E-state index in [1.165, 1.54) is 6.20 Å². The lowest BCUT2D eigenvalue weighted by atomic mass is 10.2. The number of aromatic nitrogens is 1. The maximum absolute atomic E-state index is 11.7. The molecule has 5 heteroatoms. The van der Waals surface area contributed by atoms with Crippen LogP contribution >= 0.6 is 11.6 Å². The first-order valence-electron chi connectivity index (χ1n) is 5.75. The zero-order valence-corrected chi connectivity index (χ0v) is 11.1. The summed E-state index contributed by atoms with van der Waals surface area (Å²) >= 11 is 5.75. The number of nitrogens with zero attached hydrogens (tertiary/aromatic N) is 1. The summed E-state index contributed by atoms with van der Waals surface area (Å²) in [6, 6.07) is 10.9. The van der Waals surface area contributed by atoms with Gasteiger partial charge >= 0.3 is 0 Å². The number of para-hydroxylation sites is 1. The number of rotatable bonds is 4. The standard InChI is InChI=1S/C14H13ClN2O2/c1-10-7-13(15)16-8-12(10)17-14(18)9-19-11-5-3-2-4-6-11/h2-8H,9H2,1H3,(H,17,18). The quantitative estimate of drug-likeness (QED) is 0.873. The van der Waals surface area contributed by atoms with E-state index in [1.807, 2.05) is 25.1 Å². The predicted octanol–water partition coefficient (Wildman–Crippen LogP) is 3.06. The van der Waals surface area contributed by atoms with Crippen molar-refractivity contribution in [2.24, 2.45) is 0 Å². The van der Waals surface area contributed by atoms with Crippen molar-refractivity contribution in [2.45, 2.75) is 6.92 Å². The summed E-state index contributed by atoms with van der Waals surface area (Å²) < 4.78 is 5.35. The third-order valence-corrected chi connectivity index (χ3v) is 2.67. The maximum Gasteiger partial charge on any atom is 0.262 e. The van der Waals surface area contributed by atoms with E-state index in [2.05, 4.69) is 10.3 Å². The first-order valence-corrected chi connectivity index (χ1v) is 6.13. The molecule has 0 aliphatic rings. The van der Waals surface area contributed by atoms with Crippen LogP contribution in [0.5, 0.6) is 5.75 Å². The Morgan fingerprint density at radius 1 is 1.37 bits per heavy atom. The molecule has 4 nitrogen and oxygen atoms in total. The van der Waals surface area contributed by atoms with Gasteiger partial charge in [-0.1, -0.05) is 29.8 Å². The molecule has 1 heterocycles. The number of nitrogens with one attached hydrogen (secondary N) is 1. The summed E-state index contributed by atoms with van der Waals surface area (Å²) in [6.45, 7) is 1.80. The molecule has 0 fully saturated rings. The lowest BCUT2D eigenvalue weighted by Gasteiger charge is -2.09. The first kappa shape index (κ1) is 13.4. The second kappa shape index (κ2) is 6.20. The van der Waals surface area contributed by atoms with Gasteiger partial charge in [0.25, 0.3) is 5.91 Å². The molecule has 98 valence electrons. The van der Waals surface area contributed by atoms with E-state index in [9.17, 15) is 4.79 Å². The molecule has 0 atom stereocenters. The average molecular weight is 277 g/mol. The molecule has 2 rings (SSSR count). The summed E-state index contributed by atoms with van der Waals surface area (Å²) in [5.41, 5.74) is 1.49. The number of anilines is 1. The molecule has 0 spiro atoms. The summed E-state index contributed by atoms with van der Waals surface area (Å²) in [6.07, 6.45) is 1.53. The number of carbonyl (C=O) groups excluding carboxylic acids is 1. The van der Waals surface area contributed by atoms with Crippen LogP contribution in [0, 0.1) is 6.92 Å². The average Bonchev–Trinajstić information content (AvgIpc) is 2.41. The minimum absolute atomic E-state index is 0.0495. The van der Waals surface area contributed by atoms with Crippen molar-refractivity contribution in [3.8, 4) is 5.75 Å². The molecule has 0 saturated carbocycles. The van der Waals surface area contributed by atoms with E-state index in [0.717, 1.165) is 5.56 Å². The van der Waals surface area contributed by atoms with Gasteiger partial charge in [0.05, 0.1) is 11.9 Å². The molecule has 1 aromatic carbocycles. The van der Waals surface area contributed by atoms with Crippen molar-refractivity contribution in [3.05, 3.63) is 53.3 Å². The Morgan fingerprint density at radius 2 is 2.11 bits per heavy atom. The smallest absolute Gasteiger partial charge is 0.262 e. The van der Waals surface area contributed by atoms with Gasteiger partial charge in [-0.3, -0.25) is 4.79 Å². The monoisotopic (exact) mass is 276 g/mol. The number of ether oxygens (including phenoxy) is 1. The van der Waals surface area contributed by atoms with E-state index < -0.39 is 0 Å². The molecule has 0 saturated heterocycles. The number of amides is 1. The van der Waals surface area contributed by atoms with Crippen molar-refractivity contribution in [3.63, 3.8) is 0 Å². The molecule has 1 aromatic heterocycles. The highest BCUT2D eigenvalue weighted by Crippen LogP contribution is 2.16. The van der Waals surface area contributed by atoms with Gasteiger partial charge in [-0.15, -0.1) is 0 Å². The van der Waals surface area contributed by atoms with E-state index in [-0.39, 0.29) is 12.5 Å². The predicted molar refractivity (Wildman–Crippen MR) is 74.6 cm³/mol. The number of halogens is 1. The summed E-state index contributed by atoms with van der Waals surface area (Å²) in [5.74, 6) is 0.416. The van der Waals surface area contributed by atoms with E-state index in [0.29, 0.717) is 16.6 Å². The van der Waals surface area contributed by atoms with Crippen molar-refractivity contribution < 1.29 is 9.53 Å². The Kier molecular flexibility index (Phi) is 4.36. The van der Waals surface area contributed by atoms with Crippen LogP contribution in [0.25, 0.3) is 0 Å². The van der Waals surface area contributed by atoms with Crippen molar-refractivity contribution >= 4 is 23.2 Å². The van der Waals surface area contributed by atoms with Gasteiger partial charge < -0.3 is 10.1 Å². The zero-order chi connectivity index (χ0) is 13.7. The molecule has 1 amide bonds. The van der Waals surface area contributed by atoms with E-state index in [4.69, 9.17) is 16.3 Å². The van der Waals surface area contributed by atoms with Gasteiger partial charge in [0.2, 0.25) is 0 Å². The third kappa shape index (κ3) is 3.96. The van der Waals surface area contributed by atoms with Gasteiger partial charge in [-0.2, -0.15) is 0 Å². The van der Waals surface area contributed by atoms with Crippen molar-refractivity contribution in [1.29, 1.82) is 0 Å². The normalized spacial score (nSPS) is 10.0. The Labute approximate surface area is 116 Å². The third-order valence-electron chi connectivity index (χ3n) is 2.46. The van der Waals surface area contributed by atoms with Gasteiger partial charge in [0.15, 0.2) is 6.61 Å². The number of pyridine rings is 1. The van der Waals surface area contributed by atoms with Crippen LogP contribution in [-0.4, -0.2) is 17.5 Å². The van der Waals surface area contributed by atoms with Crippen LogP contribution in [0.4, 0.5) is 5.69 Å². The summed E-state index contributed by atoms with van der Waals surface area (Å²) in [7, 11) is 0. The Hall–Kier alpha value is -2.07. The van der Waals surface area contributed by atoms with Crippen LogP contribution in [0.3, 0.4) is 0 Å². The van der Waals surface area contributed by atoms with Crippen LogP contribution in [0.15, 0.2) is 42.6 Å². The Morgan fingerprint density at radius 3 is 2.79 bits per heavy atom. The highest BCUT2D eigenvalue weighted by atomic mass is 35.5. The molecule has 19 heavy (non-hydrogen) atoms. The maximum atomic E-state index is 11.7. The topological polar surface area (TPSA) is 51.2 Å². The summed E-state index contributed by atoms with van der Waals surface area (Å²) in [4.78, 5) is 15.6. The number of carbonyl (C=O) groups is 1. The fourth-order valence-electron chi connectivity index (χ4n) is 1.50. The van der Waals surface area contributed by atoms with Crippen LogP contribution < -0.4 is 10.1 Å². The van der Waals surface area contributed by atoms with E-state index in [1.54, 1.807) is 18.2 Å². The minimum atomic E-state index is -0.240. The van der Waals surface area contributed by atoms with Gasteiger partial charge in [-0.05, 0) is 30.7 Å². The van der Waals surface area contributed by atoms with E-state index >= 15 is 0 Å². The largest absolute Gasteiger partial charge is 0.484 e. The zero-order valence-electron chi connectivity index (χ0n) is 10.4. The van der Waals surface area contributed by atoms with Crippen molar-refractivity contribution in [2.75, 3.05) is 11.9 Å². The molecular weight excluding hydrogens is 264 g/mol. The Bertz CT molecular complexity index is 573. The first-order chi connectivity index (χ1) is 9.15. The number of hydrogen-bond acceptors (Lipinski definition) is 3. The highest BCUT2D eigenvalue weighted by molar-refractivity contribution is 6.29. The minimum Gasteiger partial charge on any atom is -0.484 e. The summed E-state index contributed by atoms with van der Waals surface area (Å²) in [5, 5.41) is 3.12. The molecule has 0 bridgehead atoms. The second-order valence-electron chi connectivity index (χ2n) is 3.97. The lowest BCUT2D eigenvalue weighted by molar-refractivity contribution is -0.118. The molecule has 1 N–H and O–H groups in total. The van der Waals surface area contributed by atoms with Crippen LogP contribution in [0.1, 0.15) is 5.56 Å². The molecule has 0 aliphatic heterocycles. The van der Waals surface area contributed by atoms with Gasteiger partial charge in [0, 0.05) is 0 Å². The molecule has 0 radical (unpaired) electrons. The van der Waals surface area contributed by atoms with Gasteiger partial charge in [-0.25, -0.2) is 4.98 Å². The molecular formula is C14H13ClN2O2. The molecule has 0 unspecified atom stereocenters. The molecule has 2 aromatic rings. The number of hydrogen-bond donors (Lipinski definition) is 1. The number of benzene rings is 1. The fraction of sp³-hybridized carbons (Fsp3) is 0.143. The Balaban J connectivity index is 1.91. The SMILES string of the molecule is Cc1cc(Cl)ncc1NC(=O)COc1ccccc1. The van der Waals surface area contributed by atoms with Crippen molar-refractivity contribution in [1.82, 2.24) is 4.98 Å². The number of aryl methyl sites for hydroxylation is 1. The van der Waals surface area contributed by atoms with Crippen LogP contribution in [0.2, 0.25) is 5.15 Å². The fourth-order valence-corrected chi connectivity index (χ4v) is 1.72.